The molecule has 0 spiro atoms. The molecular weight excluding hydrogens is 322 g/mol. The van der Waals surface area contributed by atoms with Gasteiger partial charge in [-0.15, -0.1) is 0 Å². The molecule has 1 heterocycles. The highest BCUT2D eigenvalue weighted by Crippen LogP contribution is 2.18. The van der Waals surface area contributed by atoms with Crippen LogP contribution in [-0.4, -0.2) is 33.6 Å². The first-order valence-corrected chi connectivity index (χ1v) is 7.12. The summed E-state index contributed by atoms with van der Waals surface area (Å²) >= 11 is 3.42. The number of aromatic nitrogens is 2. The third kappa shape index (κ3) is 3.72. The number of amides is 1. The van der Waals surface area contributed by atoms with Gasteiger partial charge in [-0.05, 0) is 39.0 Å². The number of rotatable bonds is 2. The van der Waals surface area contributed by atoms with Crippen LogP contribution in [0.2, 0.25) is 0 Å². The van der Waals surface area contributed by atoms with Crippen molar-refractivity contribution in [3.63, 3.8) is 0 Å². The summed E-state index contributed by atoms with van der Waals surface area (Å²) < 4.78 is 6.29. The van der Waals surface area contributed by atoms with Gasteiger partial charge < -0.3 is 14.6 Å². The number of carbonyl (C=O) groups is 1. The highest BCUT2D eigenvalue weighted by atomic mass is 79.9. The third-order valence-electron chi connectivity index (χ3n) is 2.59. The van der Waals surface area contributed by atoms with Crippen molar-refractivity contribution in [1.82, 2.24) is 14.9 Å². The molecule has 0 aliphatic heterocycles. The summed E-state index contributed by atoms with van der Waals surface area (Å²) in [5, 5.41) is 0. The fraction of sp³-hybridized carbons (Fsp3) is 0.429. The molecule has 0 saturated heterocycles. The van der Waals surface area contributed by atoms with E-state index >= 15 is 0 Å². The van der Waals surface area contributed by atoms with Gasteiger partial charge in [0.25, 0.3) is 0 Å². The topological polar surface area (TPSA) is 58.2 Å². The number of benzene rings is 1. The molecule has 0 aliphatic carbocycles. The predicted molar refractivity (Wildman–Crippen MR) is 81.5 cm³/mol. The Morgan fingerprint density at radius 3 is 2.80 bits per heavy atom. The Balaban J connectivity index is 2.09. The van der Waals surface area contributed by atoms with E-state index in [2.05, 4.69) is 25.9 Å². The van der Waals surface area contributed by atoms with Gasteiger partial charge in [-0.2, -0.15) is 0 Å². The first kappa shape index (κ1) is 14.8. The quantitative estimate of drug-likeness (QED) is 0.907. The number of halogens is 1. The van der Waals surface area contributed by atoms with E-state index in [-0.39, 0.29) is 6.09 Å². The number of imidazole rings is 1. The van der Waals surface area contributed by atoms with Crippen molar-refractivity contribution in [3.8, 4) is 0 Å². The molecule has 20 heavy (non-hydrogen) atoms. The molecule has 2 rings (SSSR count). The van der Waals surface area contributed by atoms with Crippen LogP contribution in [0.5, 0.6) is 0 Å². The van der Waals surface area contributed by atoms with Gasteiger partial charge in [0.15, 0.2) is 0 Å². The minimum Gasteiger partial charge on any atom is -0.444 e. The molecule has 0 atom stereocenters. The van der Waals surface area contributed by atoms with Crippen LogP contribution in [0.15, 0.2) is 22.7 Å². The van der Waals surface area contributed by atoms with E-state index in [4.69, 9.17) is 4.74 Å². The van der Waals surface area contributed by atoms with Crippen molar-refractivity contribution in [2.75, 3.05) is 7.05 Å². The van der Waals surface area contributed by atoms with E-state index in [1.165, 1.54) is 4.90 Å². The average molecular weight is 340 g/mol. The number of hydrogen-bond donors (Lipinski definition) is 1. The predicted octanol–water partition coefficient (Wildman–Crippen LogP) is 3.69. The van der Waals surface area contributed by atoms with Crippen LogP contribution in [0.25, 0.3) is 11.0 Å². The van der Waals surface area contributed by atoms with Crippen LogP contribution in [0.4, 0.5) is 4.79 Å². The molecule has 0 fully saturated rings. The van der Waals surface area contributed by atoms with Crippen LogP contribution in [-0.2, 0) is 11.3 Å². The molecule has 0 radical (unpaired) electrons. The highest BCUT2D eigenvalue weighted by Gasteiger charge is 2.20. The molecule has 5 nitrogen and oxygen atoms in total. The van der Waals surface area contributed by atoms with Gasteiger partial charge >= 0.3 is 6.09 Å². The second-order valence-corrected chi connectivity index (χ2v) is 6.60. The first-order chi connectivity index (χ1) is 9.24. The minimum atomic E-state index is -0.496. The lowest BCUT2D eigenvalue weighted by Gasteiger charge is -2.24. The number of hydrogen-bond acceptors (Lipinski definition) is 3. The number of nitrogens with one attached hydrogen (secondary N) is 1. The van der Waals surface area contributed by atoms with E-state index in [9.17, 15) is 4.79 Å². The molecule has 0 unspecified atom stereocenters. The van der Waals surface area contributed by atoms with Crippen molar-refractivity contribution in [1.29, 1.82) is 0 Å². The maximum Gasteiger partial charge on any atom is 0.410 e. The highest BCUT2D eigenvalue weighted by molar-refractivity contribution is 9.10. The lowest BCUT2D eigenvalue weighted by atomic mass is 10.2. The zero-order chi connectivity index (χ0) is 14.9. The Morgan fingerprint density at radius 2 is 2.15 bits per heavy atom. The van der Waals surface area contributed by atoms with Gasteiger partial charge in [-0.1, -0.05) is 15.9 Å². The van der Waals surface area contributed by atoms with Crippen molar-refractivity contribution in [2.45, 2.75) is 32.9 Å². The number of nitrogens with zero attached hydrogens (tertiary/aromatic N) is 2. The summed E-state index contributed by atoms with van der Waals surface area (Å²) in [6.07, 6.45) is -0.362. The van der Waals surface area contributed by atoms with Crippen LogP contribution in [0, 0.1) is 0 Å². The maximum absolute atomic E-state index is 11.9. The van der Waals surface area contributed by atoms with E-state index < -0.39 is 5.60 Å². The number of H-pyrrole nitrogens is 1. The summed E-state index contributed by atoms with van der Waals surface area (Å²) in [5.41, 5.74) is 1.32. The van der Waals surface area contributed by atoms with Crippen LogP contribution >= 0.6 is 15.9 Å². The molecule has 0 saturated carbocycles. The minimum absolute atomic E-state index is 0.362. The van der Waals surface area contributed by atoms with E-state index in [1.54, 1.807) is 7.05 Å². The standard InChI is InChI=1S/C14H18BrN3O2/c1-14(2,3)20-13(19)18(4)8-12-16-10-6-5-9(15)7-11(10)17-12/h5-7H,8H2,1-4H3,(H,16,17). The number of ether oxygens (including phenoxy) is 1. The molecule has 6 heteroatoms. The second kappa shape index (κ2) is 5.44. The molecule has 1 N–H and O–H groups in total. The lowest BCUT2D eigenvalue weighted by Crippen LogP contribution is -2.34. The van der Waals surface area contributed by atoms with Gasteiger partial charge in [-0.3, -0.25) is 0 Å². The van der Waals surface area contributed by atoms with Gasteiger partial charge in [0.05, 0.1) is 17.6 Å². The van der Waals surface area contributed by atoms with Crippen LogP contribution in [0.3, 0.4) is 0 Å². The Hall–Kier alpha value is -1.56. The molecule has 1 amide bonds. The first-order valence-electron chi connectivity index (χ1n) is 6.33. The van der Waals surface area contributed by atoms with E-state index in [1.807, 2.05) is 39.0 Å². The largest absolute Gasteiger partial charge is 0.444 e. The fourth-order valence-electron chi connectivity index (χ4n) is 1.74. The summed E-state index contributed by atoms with van der Waals surface area (Å²) in [6, 6.07) is 5.82. The van der Waals surface area contributed by atoms with E-state index in [0.29, 0.717) is 6.54 Å². The summed E-state index contributed by atoms with van der Waals surface area (Å²) in [4.78, 5) is 21.0. The number of fused-ring (bicyclic) bond motifs is 1. The molecule has 1 aromatic heterocycles. The zero-order valence-corrected chi connectivity index (χ0v) is 13.6. The third-order valence-corrected chi connectivity index (χ3v) is 3.08. The Morgan fingerprint density at radius 1 is 1.45 bits per heavy atom. The van der Waals surface area contributed by atoms with E-state index in [0.717, 1.165) is 21.3 Å². The summed E-state index contributed by atoms with van der Waals surface area (Å²) in [5.74, 6) is 0.728. The van der Waals surface area contributed by atoms with Gasteiger partial charge in [0, 0.05) is 11.5 Å². The summed E-state index contributed by atoms with van der Waals surface area (Å²) in [6.45, 7) is 5.91. The smallest absolute Gasteiger partial charge is 0.410 e. The number of carbonyl (C=O) groups excluding carboxylic acids is 1. The zero-order valence-electron chi connectivity index (χ0n) is 12.0. The average Bonchev–Trinajstić information content (AvgIpc) is 2.67. The monoisotopic (exact) mass is 339 g/mol. The van der Waals surface area contributed by atoms with Crippen LogP contribution in [0.1, 0.15) is 26.6 Å². The number of aromatic amines is 1. The molecule has 0 bridgehead atoms. The Labute approximate surface area is 126 Å². The van der Waals surface area contributed by atoms with Crippen molar-refractivity contribution < 1.29 is 9.53 Å². The van der Waals surface area contributed by atoms with Crippen molar-refractivity contribution in [2.24, 2.45) is 0 Å². The van der Waals surface area contributed by atoms with Gasteiger partial charge in [0.2, 0.25) is 0 Å². The molecular formula is C14H18BrN3O2. The Kier molecular flexibility index (Phi) is 4.04. The fourth-order valence-corrected chi connectivity index (χ4v) is 2.10. The second-order valence-electron chi connectivity index (χ2n) is 5.68. The molecule has 108 valence electrons. The maximum atomic E-state index is 11.9. The molecule has 1 aromatic carbocycles. The molecule has 2 aromatic rings. The Bertz CT molecular complexity index is 631. The molecule has 0 aliphatic rings. The van der Waals surface area contributed by atoms with Crippen molar-refractivity contribution >= 4 is 33.1 Å². The van der Waals surface area contributed by atoms with Crippen molar-refractivity contribution in [3.05, 3.63) is 28.5 Å². The normalized spacial score (nSPS) is 11.7. The summed E-state index contributed by atoms with van der Waals surface area (Å²) in [7, 11) is 1.69. The van der Waals surface area contributed by atoms with Gasteiger partial charge in [0.1, 0.15) is 11.4 Å². The van der Waals surface area contributed by atoms with Gasteiger partial charge in [-0.25, -0.2) is 9.78 Å². The lowest BCUT2D eigenvalue weighted by molar-refractivity contribution is 0.0281. The SMILES string of the molecule is CN(Cc1nc2ccc(Br)cc2[nH]1)C(=O)OC(C)(C)C. The van der Waals surface area contributed by atoms with Crippen LogP contribution < -0.4 is 0 Å².